The predicted octanol–water partition coefficient (Wildman–Crippen LogP) is 12.8. The molecule has 1 atom stereocenters. The van der Waals surface area contributed by atoms with E-state index in [-0.39, 0.29) is 0 Å². The van der Waals surface area contributed by atoms with Crippen LogP contribution in [0.2, 0.25) is 10.0 Å². The number of fused-ring (bicyclic) bond motifs is 3. The lowest BCUT2D eigenvalue weighted by atomic mass is 10.0. The summed E-state index contributed by atoms with van der Waals surface area (Å²) in [6, 6.07) is 49.4. The van der Waals surface area contributed by atoms with Gasteiger partial charge in [0.2, 0.25) is 0 Å². The second-order valence-corrected chi connectivity index (χ2v) is 14.5. The summed E-state index contributed by atoms with van der Waals surface area (Å²) in [5, 5.41) is 15.5. The van der Waals surface area contributed by atoms with Crippen LogP contribution >= 0.6 is 23.2 Å². The molecule has 0 unspecified atom stereocenters. The van der Waals surface area contributed by atoms with E-state index in [0.29, 0.717) is 16.6 Å². The Bertz CT molecular complexity index is 2600. The topological polar surface area (TPSA) is 56.7 Å². The molecule has 270 valence electrons. The molecule has 0 aliphatic heterocycles. The van der Waals surface area contributed by atoms with Gasteiger partial charge in [-0.3, -0.25) is 0 Å². The molecule has 9 rings (SSSR count). The molecule has 0 bridgehead atoms. The van der Waals surface area contributed by atoms with Gasteiger partial charge >= 0.3 is 0 Å². The molecule has 9 aromatic rings. The Morgan fingerprint density at radius 3 is 1.89 bits per heavy atom. The fourth-order valence-corrected chi connectivity index (χ4v) is 7.23. The van der Waals surface area contributed by atoms with Crippen molar-refractivity contribution in [1.29, 1.82) is 0 Å². The van der Waals surface area contributed by atoms with Crippen molar-refractivity contribution >= 4 is 55.9 Å². The van der Waals surface area contributed by atoms with Gasteiger partial charge in [-0.15, -0.1) is 0 Å². The first-order valence-corrected chi connectivity index (χ1v) is 19.0. The van der Waals surface area contributed by atoms with E-state index >= 15 is 0 Å². The Kier molecular flexibility index (Phi) is 11.7. The van der Waals surface area contributed by atoms with E-state index < -0.39 is 6.10 Å². The van der Waals surface area contributed by atoms with Gasteiger partial charge in [-0.1, -0.05) is 132 Å². The van der Waals surface area contributed by atoms with E-state index in [4.69, 9.17) is 23.2 Å². The third-order valence-electron chi connectivity index (χ3n) is 9.99. The second-order valence-electron chi connectivity index (χ2n) is 13.6. The number of hydrogen-bond donors (Lipinski definition) is 3. The van der Waals surface area contributed by atoms with Crippen LogP contribution in [0.15, 0.2) is 164 Å². The Morgan fingerprint density at radius 1 is 0.574 bits per heavy atom. The van der Waals surface area contributed by atoms with Crippen molar-refractivity contribution in [2.24, 2.45) is 0 Å². The van der Waals surface area contributed by atoms with Crippen molar-refractivity contribution in [3.63, 3.8) is 0 Å². The number of aliphatic hydroxyl groups excluding tert-OH is 1. The largest absolute Gasteiger partial charge is 0.387 e. The molecule has 0 fully saturated rings. The molecule has 3 N–H and O–H groups in total. The average molecular weight is 749 g/mol. The number of hydrogen-bond acceptors (Lipinski definition) is 1. The normalized spacial score (nSPS) is 11.6. The number of aromatic nitrogens is 3. The lowest BCUT2D eigenvalue weighted by Crippen LogP contribution is -2.08. The molecule has 54 heavy (non-hydrogen) atoms. The Balaban J connectivity index is 0.000000145. The molecular formula is C48H43Cl2N3O. The van der Waals surface area contributed by atoms with E-state index in [1.165, 1.54) is 60.6 Å². The van der Waals surface area contributed by atoms with Crippen molar-refractivity contribution in [3.8, 4) is 0 Å². The van der Waals surface area contributed by atoms with Gasteiger partial charge < -0.3 is 19.6 Å². The van der Waals surface area contributed by atoms with Gasteiger partial charge in [0.05, 0.1) is 22.7 Å². The van der Waals surface area contributed by atoms with Crippen LogP contribution in [0, 0.1) is 13.8 Å². The lowest BCUT2D eigenvalue weighted by molar-refractivity contribution is 0.158. The number of benzene rings is 6. The molecule has 0 saturated carbocycles. The average Bonchev–Trinajstić information content (AvgIpc) is 3.93. The second kappa shape index (κ2) is 17.1. The number of nitrogens with one attached hydrogen (secondary N) is 2. The van der Waals surface area contributed by atoms with Crippen LogP contribution in [-0.4, -0.2) is 19.6 Å². The third kappa shape index (κ3) is 8.64. The maximum absolute atomic E-state index is 10.8. The first-order chi connectivity index (χ1) is 26.3. The molecule has 3 heterocycles. The van der Waals surface area contributed by atoms with Crippen LogP contribution < -0.4 is 0 Å². The van der Waals surface area contributed by atoms with Crippen LogP contribution in [0.5, 0.6) is 0 Å². The van der Waals surface area contributed by atoms with Gasteiger partial charge in [0, 0.05) is 45.9 Å². The van der Waals surface area contributed by atoms with Crippen LogP contribution in [0.3, 0.4) is 0 Å². The number of aryl methyl sites for hydroxylation is 2. The van der Waals surface area contributed by atoms with E-state index in [2.05, 4.69) is 150 Å². The summed E-state index contributed by atoms with van der Waals surface area (Å²) in [4.78, 5) is 6.45. The first-order valence-electron chi connectivity index (χ1n) is 18.2. The minimum Gasteiger partial charge on any atom is -0.387 e. The molecule has 3 aromatic heterocycles. The Hall–Kier alpha value is -5.52. The van der Waals surface area contributed by atoms with Crippen LogP contribution in [0.4, 0.5) is 0 Å². The highest BCUT2D eigenvalue weighted by Crippen LogP contribution is 2.30. The fourth-order valence-electron chi connectivity index (χ4n) is 6.93. The van der Waals surface area contributed by atoms with E-state index in [0.717, 1.165) is 23.9 Å². The SMILES string of the molecule is Cc1ccccc1Cc1c[nH]c2ccccc12.Cc1ccccc1Cc1cn(C[C@H](O)c2ccc(Cl)c(Cl)c2)c2ccccc12.c1ccc2[nH]ccc2c1. The highest BCUT2D eigenvalue weighted by molar-refractivity contribution is 6.42. The Morgan fingerprint density at radius 2 is 1.19 bits per heavy atom. The molecule has 6 heteroatoms. The van der Waals surface area contributed by atoms with Gasteiger partial charge in [0.25, 0.3) is 0 Å². The highest BCUT2D eigenvalue weighted by atomic mass is 35.5. The molecular weight excluding hydrogens is 705 g/mol. The molecule has 0 spiro atoms. The van der Waals surface area contributed by atoms with Gasteiger partial charge in [0.15, 0.2) is 0 Å². The molecule has 0 aliphatic rings. The molecule has 0 radical (unpaired) electrons. The summed E-state index contributed by atoms with van der Waals surface area (Å²) < 4.78 is 2.12. The number of aromatic amines is 2. The summed E-state index contributed by atoms with van der Waals surface area (Å²) in [7, 11) is 0. The molecule has 0 amide bonds. The molecule has 4 nitrogen and oxygen atoms in total. The summed E-state index contributed by atoms with van der Waals surface area (Å²) in [6.07, 6.45) is 7.41. The predicted molar refractivity (Wildman–Crippen MR) is 228 cm³/mol. The smallest absolute Gasteiger partial charge is 0.0969 e. The van der Waals surface area contributed by atoms with Crippen molar-refractivity contribution < 1.29 is 5.11 Å². The number of nitrogens with zero attached hydrogens (tertiary/aromatic N) is 1. The van der Waals surface area contributed by atoms with Crippen molar-refractivity contribution in [2.75, 3.05) is 0 Å². The Labute approximate surface area is 326 Å². The number of para-hydroxylation sites is 3. The van der Waals surface area contributed by atoms with Crippen molar-refractivity contribution in [1.82, 2.24) is 14.5 Å². The maximum Gasteiger partial charge on any atom is 0.0969 e. The molecule has 0 saturated heterocycles. The fraction of sp³-hybridized carbons (Fsp3) is 0.125. The van der Waals surface area contributed by atoms with E-state index in [9.17, 15) is 5.11 Å². The van der Waals surface area contributed by atoms with Crippen molar-refractivity contribution in [2.45, 2.75) is 39.3 Å². The lowest BCUT2D eigenvalue weighted by Gasteiger charge is -2.14. The van der Waals surface area contributed by atoms with Crippen LogP contribution in [0.1, 0.15) is 45.0 Å². The summed E-state index contributed by atoms with van der Waals surface area (Å²) in [5.41, 5.74) is 12.3. The zero-order valence-corrected chi connectivity index (χ0v) is 31.9. The van der Waals surface area contributed by atoms with Gasteiger partial charge in [-0.05, 0) is 107 Å². The highest BCUT2D eigenvalue weighted by Gasteiger charge is 2.15. The minimum absolute atomic E-state index is 0.451. The van der Waals surface area contributed by atoms with Gasteiger partial charge in [-0.25, -0.2) is 0 Å². The standard InChI is InChI=1S/C24H21Cl2NO.C16H15N.C8H7N/c1-16-6-2-3-7-17(16)12-19-14-27(23-9-5-4-8-20(19)23)15-24(28)18-10-11-21(25)22(26)13-18;1-12-6-2-3-7-13(12)10-14-11-17-16-9-5-4-8-15(14)16;1-2-4-8-7(3-1)5-6-9-8/h2-11,13-14,24,28H,12,15H2,1H3;2-9,11,17H,10H2,1H3;1-6,9H/t24-;;/m0../s1. The minimum atomic E-state index is -0.670. The molecule has 0 aliphatic carbocycles. The summed E-state index contributed by atoms with van der Waals surface area (Å²) in [6.45, 7) is 4.76. The number of aliphatic hydroxyl groups is 1. The molecule has 6 aromatic carbocycles. The van der Waals surface area contributed by atoms with Gasteiger partial charge in [-0.2, -0.15) is 0 Å². The van der Waals surface area contributed by atoms with E-state index in [1.807, 2.05) is 30.5 Å². The van der Waals surface area contributed by atoms with Crippen molar-refractivity contribution in [3.05, 3.63) is 213 Å². The zero-order chi connectivity index (χ0) is 37.4. The monoisotopic (exact) mass is 747 g/mol. The zero-order valence-electron chi connectivity index (χ0n) is 30.4. The summed E-state index contributed by atoms with van der Waals surface area (Å²) in [5.74, 6) is 0. The van der Waals surface area contributed by atoms with E-state index in [1.54, 1.807) is 12.1 Å². The van der Waals surface area contributed by atoms with Gasteiger partial charge in [0.1, 0.15) is 0 Å². The number of H-pyrrole nitrogens is 2. The maximum atomic E-state index is 10.8. The first kappa shape index (κ1) is 36.8. The number of rotatable bonds is 7. The van der Waals surface area contributed by atoms with Crippen LogP contribution in [-0.2, 0) is 19.4 Å². The third-order valence-corrected chi connectivity index (χ3v) is 10.7. The van der Waals surface area contributed by atoms with Crippen LogP contribution in [0.25, 0.3) is 32.7 Å². The summed E-state index contributed by atoms with van der Waals surface area (Å²) >= 11 is 12.1. The number of halogens is 2. The quantitative estimate of drug-likeness (QED) is 0.149.